The molecule has 2 saturated heterocycles. The van der Waals surface area contributed by atoms with Crippen molar-refractivity contribution < 1.29 is 23.1 Å². The lowest BCUT2D eigenvalue weighted by Gasteiger charge is -2.43. The van der Waals surface area contributed by atoms with Crippen LogP contribution in [-0.2, 0) is 19.4 Å². The molecule has 2 atom stereocenters. The summed E-state index contributed by atoms with van der Waals surface area (Å²) in [6, 6.07) is -0.547. The van der Waals surface area contributed by atoms with Gasteiger partial charge in [-0.15, -0.1) is 0 Å². The number of aliphatic carboxylic acids is 1. The molecule has 2 fully saturated rings. The summed E-state index contributed by atoms with van der Waals surface area (Å²) in [5.74, 6) is -1.73. The molecule has 2 N–H and O–H groups in total. The monoisotopic (exact) mass is 247 g/mol. The maximum atomic E-state index is 11.5. The minimum Gasteiger partial charge on any atom is -0.481 e. The van der Waals surface area contributed by atoms with Crippen LogP contribution in [0.1, 0.15) is 19.3 Å². The van der Waals surface area contributed by atoms with Gasteiger partial charge in [-0.05, 0) is 12.8 Å². The fourth-order valence-corrected chi connectivity index (χ4v) is 4.51. The number of carboxylic acids is 1. The topological polar surface area (TPSA) is 101 Å². The molecule has 0 aromatic carbocycles. The van der Waals surface area contributed by atoms with Crippen LogP contribution in [-0.4, -0.2) is 42.9 Å². The van der Waals surface area contributed by atoms with Gasteiger partial charge in [0, 0.05) is 12.5 Å². The number of sulfone groups is 1. The van der Waals surface area contributed by atoms with Gasteiger partial charge in [0.25, 0.3) is 0 Å². The molecule has 16 heavy (non-hydrogen) atoms. The maximum absolute atomic E-state index is 11.5. The van der Waals surface area contributed by atoms with Crippen molar-refractivity contribution in [3.8, 4) is 0 Å². The Morgan fingerprint density at radius 3 is 2.81 bits per heavy atom. The summed E-state index contributed by atoms with van der Waals surface area (Å²) in [5, 5.41) is 11.8. The first kappa shape index (κ1) is 11.4. The standard InChI is InChI=1S/C9H13NO5S/c11-7-1-3-9(8(12)13)5-16(14,15)4-2-6(9)10-7/h6H,1-5H2,(H,10,11)(H,12,13). The zero-order valence-electron chi connectivity index (χ0n) is 8.60. The highest BCUT2D eigenvalue weighted by atomic mass is 32.2. The molecule has 90 valence electrons. The summed E-state index contributed by atoms with van der Waals surface area (Å²) in [7, 11) is -3.31. The van der Waals surface area contributed by atoms with Gasteiger partial charge < -0.3 is 10.4 Å². The van der Waals surface area contributed by atoms with Crippen molar-refractivity contribution in [2.45, 2.75) is 25.3 Å². The number of rotatable bonds is 1. The third-order valence-electron chi connectivity index (χ3n) is 3.42. The van der Waals surface area contributed by atoms with E-state index in [9.17, 15) is 23.1 Å². The van der Waals surface area contributed by atoms with E-state index in [1.165, 1.54) is 0 Å². The van der Waals surface area contributed by atoms with Gasteiger partial charge in [-0.2, -0.15) is 0 Å². The van der Waals surface area contributed by atoms with Gasteiger partial charge in [0.1, 0.15) is 5.41 Å². The van der Waals surface area contributed by atoms with Gasteiger partial charge in [0.15, 0.2) is 9.84 Å². The largest absolute Gasteiger partial charge is 0.481 e. The molecule has 0 spiro atoms. The van der Waals surface area contributed by atoms with Crippen molar-refractivity contribution >= 4 is 21.7 Å². The molecule has 7 heteroatoms. The minimum absolute atomic E-state index is 0.0486. The molecule has 0 saturated carbocycles. The summed E-state index contributed by atoms with van der Waals surface area (Å²) in [5.41, 5.74) is -1.31. The summed E-state index contributed by atoms with van der Waals surface area (Å²) < 4.78 is 23.0. The van der Waals surface area contributed by atoms with Crippen LogP contribution in [0, 0.1) is 5.41 Å². The maximum Gasteiger partial charge on any atom is 0.312 e. The summed E-state index contributed by atoms with van der Waals surface area (Å²) in [4.78, 5) is 22.5. The highest BCUT2D eigenvalue weighted by molar-refractivity contribution is 7.91. The Bertz CT molecular complexity index is 443. The van der Waals surface area contributed by atoms with E-state index in [1.54, 1.807) is 0 Å². The molecular weight excluding hydrogens is 234 g/mol. The first-order valence-electron chi connectivity index (χ1n) is 5.09. The molecular formula is C9H13NO5S. The van der Waals surface area contributed by atoms with E-state index in [4.69, 9.17) is 0 Å². The lowest BCUT2D eigenvalue weighted by atomic mass is 9.74. The molecule has 2 rings (SSSR count). The normalized spacial score (nSPS) is 37.2. The number of carboxylic acid groups (broad SMARTS) is 1. The summed E-state index contributed by atoms with van der Waals surface area (Å²) >= 11 is 0. The van der Waals surface area contributed by atoms with Crippen LogP contribution in [0.15, 0.2) is 0 Å². The summed E-state index contributed by atoms with van der Waals surface area (Å²) in [6.45, 7) is 0. The molecule has 0 bridgehead atoms. The third-order valence-corrected chi connectivity index (χ3v) is 5.23. The number of carbonyl (C=O) groups is 2. The minimum atomic E-state index is -3.31. The Morgan fingerprint density at radius 1 is 1.50 bits per heavy atom. The highest BCUT2D eigenvalue weighted by Crippen LogP contribution is 2.39. The molecule has 0 aromatic rings. The molecule has 6 nitrogen and oxygen atoms in total. The molecule has 0 aromatic heterocycles. The van der Waals surface area contributed by atoms with E-state index < -0.39 is 27.3 Å². The molecule has 0 aliphatic carbocycles. The molecule has 0 radical (unpaired) electrons. The number of nitrogens with one attached hydrogen (secondary N) is 1. The van der Waals surface area contributed by atoms with Crippen molar-refractivity contribution in [1.29, 1.82) is 0 Å². The quantitative estimate of drug-likeness (QED) is 0.629. The fourth-order valence-electron chi connectivity index (χ4n) is 2.52. The Kier molecular flexibility index (Phi) is 2.45. The van der Waals surface area contributed by atoms with Crippen molar-refractivity contribution in [3.05, 3.63) is 0 Å². The second-order valence-electron chi connectivity index (χ2n) is 4.46. The highest BCUT2D eigenvalue weighted by Gasteiger charge is 2.54. The van der Waals surface area contributed by atoms with Gasteiger partial charge in [0.05, 0.1) is 11.5 Å². The predicted molar refractivity (Wildman–Crippen MR) is 54.5 cm³/mol. The lowest BCUT2D eigenvalue weighted by molar-refractivity contribution is -0.153. The first-order chi connectivity index (χ1) is 7.36. The van der Waals surface area contributed by atoms with Crippen LogP contribution in [0.5, 0.6) is 0 Å². The molecule has 1 amide bonds. The number of hydrogen-bond donors (Lipinski definition) is 2. The number of hydrogen-bond acceptors (Lipinski definition) is 4. The fraction of sp³-hybridized carbons (Fsp3) is 0.778. The first-order valence-corrected chi connectivity index (χ1v) is 6.91. The van der Waals surface area contributed by atoms with E-state index in [0.29, 0.717) is 0 Å². The van der Waals surface area contributed by atoms with Crippen LogP contribution >= 0.6 is 0 Å². The van der Waals surface area contributed by atoms with Crippen LogP contribution in [0.25, 0.3) is 0 Å². The van der Waals surface area contributed by atoms with Crippen LogP contribution < -0.4 is 5.32 Å². The average molecular weight is 247 g/mol. The number of amides is 1. The number of fused-ring (bicyclic) bond motifs is 1. The van der Waals surface area contributed by atoms with Crippen molar-refractivity contribution in [2.24, 2.45) is 5.41 Å². The number of carbonyl (C=O) groups excluding carboxylic acids is 1. The SMILES string of the molecule is O=C1CCC2(C(=O)O)CS(=O)(=O)CCC2N1. The Morgan fingerprint density at radius 2 is 2.19 bits per heavy atom. The smallest absolute Gasteiger partial charge is 0.312 e. The van der Waals surface area contributed by atoms with E-state index >= 15 is 0 Å². The second kappa shape index (κ2) is 3.44. The van der Waals surface area contributed by atoms with Gasteiger partial charge in [-0.1, -0.05) is 0 Å². The lowest BCUT2D eigenvalue weighted by Crippen LogP contribution is -2.62. The molecule has 2 aliphatic rings. The van der Waals surface area contributed by atoms with Gasteiger partial charge in [0.2, 0.25) is 5.91 Å². The zero-order chi connectivity index (χ0) is 12.0. The van der Waals surface area contributed by atoms with Gasteiger partial charge >= 0.3 is 5.97 Å². The average Bonchev–Trinajstić information content (AvgIpc) is 2.17. The number of piperidine rings is 1. The second-order valence-corrected chi connectivity index (χ2v) is 6.65. The van der Waals surface area contributed by atoms with Crippen molar-refractivity contribution in [3.63, 3.8) is 0 Å². The van der Waals surface area contributed by atoms with E-state index in [1.807, 2.05) is 0 Å². The van der Waals surface area contributed by atoms with Crippen molar-refractivity contribution in [2.75, 3.05) is 11.5 Å². The van der Waals surface area contributed by atoms with Gasteiger partial charge in [-0.3, -0.25) is 9.59 Å². The summed E-state index contributed by atoms with van der Waals surface area (Å²) in [6.07, 6.45) is 0.386. The third kappa shape index (κ3) is 1.68. The zero-order valence-corrected chi connectivity index (χ0v) is 9.42. The Balaban J connectivity index is 2.38. The Labute approximate surface area is 92.9 Å². The van der Waals surface area contributed by atoms with E-state index in [0.717, 1.165) is 0 Å². The molecule has 2 unspecified atom stereocenters. The van der Waals surface area contributed by atoms with Crippen LogP contribution in [0.3, 0.4) is 0 Å². The van der Waals surface area contributed by atoms with Crippen LogP contribution in [0.4, 0.5) is 0 Å². The van der Waals surface area contributed by atoms with E-state index in [-0.39, 0.29) is 36.7 Å². The predicted octanol–water partition coefficient (Wildman–Crippen LogP) is -0.845. The molecule has 2 heterocycles. The van der Waals surface area contributed by atoms with E-state index in [2.05, 4.69) is 5.32 Å². The molecule has 2 aliphatic heterocycles. The Hall–Kier alpha value is -1.11. The van der Waals surface area contributed by atoms with Gasteiger partial charge in [-0.25, -0.2) is 8.42 Å². The van der Waals surface area contributed by atoms with Crippen LogP contribution in [0.2, 0.25) is 0 Å². The van der Waals surface area contributed by atoms with Crippen molar-refractivity contribution in [1.82, 2.24) is 5.32 Å².